The van der Waals surface area contributed by atoms with E-state index in [0.717, 1.165) is 5.39 Å². The maximum Gasteiger partial charge on any atom is 0.148 e. The van der Waals surface area contributed by atoms with Crippen LogP contribution in [-0.2, 0) is 0 Å². The number of nitrogens with zero attached hydrogens (tertiary/aromatic N) is 1. The summed E-state index contributed by atoms with van der Waals surface area (Å²) in [6, 6.07) is 6.50. The van der Waals surface area contributed by atoms with E-state index >= 15 is 0 Å². The van der Waals surface area contributed by atoms with E-state index in [1.165, 1.54) is 6.07 Å². The highest BCUT2D eigenvalue weighted by Gasteiger charge is 2.00. The van der Waals surface area contributed by atoms with Crippen LogP contribution in [-0.4, -0.2) is 12.8 Å². The van der Waals surface area contributed by atoms with Gasteiger partial charge in [-0.2, -0.15) is 0 Å². The number of hydrogen-bond acceptors (Lipinski definition) is 1. The smallest absolute Gasteiger partial charge is 0.148 e. The van der Waals surface area contributed by atoms with E-state index in [0.29, 0.717) is 11.0 Å². The fraction of sp³-hybridized carbons (Fsp3) is 0. The average Bonchev–Trinajstić information content (AvgIpc) is 2.04. The average molecular weight is 157 g/mol. The van der Waals surface area contributed by atoms with Gasteiger partial charge in [0.2, 0.25) is 0 Å². The standard InChI is InChI=1S/C9H5BFN/c10-7-4-6-2-1-3-12-9(6)8(11)5-7/h1-5H. The van der Waals surface area contributed by atoms with E-state index in [9.17, 15) is 4.39 Å². The van der Waals surface area contributed by atoms with Gasteiger partial charge >= 0.3 is 0 Å². The van der Waals surface area contributed by atoms with Crippen LogP contribution in [0.15, 0.2) is 30.5 Å². The minimum absolute atomic E-state index is 0.367. The van der Waals surface area contributed by atoms with E-state index in [1.807, 2.05) is 0 Å². The second kappa shape index (κ2) is 2.59. The summed E-state index contributed by atoms with van der Waals surface area (Å²) in [4.78, 5) is 3.89. The Kier molecular flexibility index (Phi) is 1.57. The summed E-state index contributed by atoms with van der Waals surface area (Å²) in [5.41, 5.74) is 0.791. The number of pyridine rings is 1. The lowest BCUT2D eigenvalue weighted by molar-refractivity contribution is 0.638. The quantitative estimate of drug-likeness (QED) is 0.523. The molecule has 1 aromatic carbocycles. The van der Waals surface area contributed by atoms with Crippen LogP contribution in [0.2, 0.25) is 0 Å². The molecule has 0 spiro atoms. The maximum absolute atomic E-state index is 13.1. The van der Waals surface area contributed by atoms with Gasteiger partial charge in [0.25, 0.3) is 0 Å². The Morgan fingerprint density at radius 1 is 1.33 bits per heavy atom. The van der Waals surface area contributed by atoms with Crippen LogP contribution in [0.25, 0.3) is 10.9 Å². The molecule has 3 heteroatoms. The topological polar surface area (TPSA) is 12.9 Å². The van der Waals surface area contributed by atoms with Gasteiger partial charge in [0.1, 0.15) is 19.2 Å². The maximum atomic E-state index is 13.1. The Labute approximate surface area is 70.7 Å². The molecule has 0 saturated heterocycles. The van der Waals surface area contributed by atoms with Crippen molar-refractivity contribution < 1.29 is 4.39 Å². The molecule has 12 heavy (non-hydrogen) atoms. The number of halogens is 1. The first-order valence-corrected chi connectivity index (χ1v) is 3.57. The SMILES string of the molecule is [B]c1cc(F)c2ncccc2c1. The van der Waals surface area contributed by atoms with Gasteiger partial charge in [-0.25, -0.2) is 4.39 Å². The monoisotopic (exact) mass is 157 g/mol. The molecule has 0 bridgehead atoms. The van der Waals surface area contributed by atoms with Gasteiger partial charge in [0.15, 0.2) is 0 Å². The second-order valence-electron chi connectivity index (χ2n) is 2.58. The van der Waals surface area contributed by atoms with Gasteiger partial charge in [0, 0.05) is 11.6 Å². The Balaban J connectivity index is 2.89. The van der Waals surface area contributed by atoms with E-state index in [4.69, 9.17) is 7.85 Å². The molecular weight excluding hydrogens is 152 g/mol. The normalized spacial score (nSPS) is 10.4. The minimum atomic E-state index is -0.370. The fourth-order valence-electron chi connectivity index (χ4n) is 1.17. The third kappa shape index (κ3) is 1.07. The highest BCUT2D eigenvalue weighted by atomic mass is 19.1. The molecule has 56 valence electrons. The zero-order valence-corrected chi connectivity index (χ0v) is 6.29. The molecule has 1 nitrogen and oxygen atoms in total. The summed E-state index contributed by atoms with van der Waals surface area (Å²) < 4.78 is 13.1. The Bertz CT molecular complexity index is 428. The first-order chi connectivity index (χ1) is 5.77. The van der Waals surface area contributed by atoms with Gasteiger partial charge in [-0.15, -0.1) is 0 Å². The second-order valence-corrected chi connectivity index (χ2v) is 2.58. The molecule has 0 aliphatic heterocycles. The van der Waals surface area contributed by atoms with Crippen molar-refractivity contribution in [3.63, 3.8) is 0 Å². The molecule has 2 rings (SSSR count). The number of hydrogen-bond donors (Lipinski definition) is 0. The Morgan fingerprint density at radius 2 is 2.17 bits per heavy atom. The number of rotatable bonds is 0. The van der Waals surface area contributed by atoms with Crippen molar-refractivity contribution in [3.05, 3.63) is 36.3 Å². The molecule has 2 radical (unpaired) electrons. The Morgan fingerprint density at radius 3 is 3.00 bits per heavy atom. The first-order valence-electron chi connectivity index (χ1n) is 3.57. The fourth-order valence-corrected chi connectivity index (χ4v) is 1.17. The molecule has 0 unspecified atom stereocenters. The summed E-state index contributed by atoms with van der Waals surface area (Å²) in [5, 5.41) is 0.731. The number of aromatic nitrogens is 1. The third-order valence-corrected chi connectivity index (χ3v) is 1.68. The molecule has 0 aliphatic carbocycles. The lowest BCUT2D eigenvalue weighted by Gasteiger charge is -1.99. The van der Waals surface area contributed by atoms with Crippen molar-refractivity contribution in [1.82, 2.24) is 4.98 Å². The van der Waals surface area contributed by atoms with Gasteiger partial charge < -0.3 is 0 Å². The van der Waals surface area contributed by atoms with Gasteiger partial charge in [-0.05, 0) is 12.1 Å². The zero-order valence-electron chi connectivity index (χ0n) is 6.29. The van der Waals surface area contributed by atoms with Crippen molar-refractivity contribution in [2.45, 2.75) is 0 Å². The molecule has 1 aromatic heterocycles. The molecule has 0 aliphatic rings. The summed E-state index contributed by atoms with van der Waals surface area (Å²) in [5.74, 6) is -0.370. The summed E-state index contributed by atoms with van der Waals surface area (Å²) in [6.07, 6.45) is 1.56. The van der Waals surface area contributed by atoms with Crippen LogP contribution < -0.4 is 5.46 Å². The van der Waals surface area contributed by atoms with Crippen LogP contribution in [0.1, 0.15) is 0 Å². The van der Waals surface area contributed by atoms with Crippen molar-refractivity contribution in [2.75, 3.05) is 0 Å². The van der Waals surface area contributed by atoms with Gasteiger partial charge in [-0.3, -0.25) is 4.98 Å². The molecule has 1 heterocycles. The van der Waals surface area contributed by atoms with Crippen molar-refractivity contribution >= 4 is 24.2 Å². The highest BCUT2D eigenvalue weighted by molar-refractivity contribution is 6.33. The lowest BCUT2D eigenvalue weighted by atomic mass is 9.94. The van der Waals surface area contributed by atoms with Crippen LogP contribution >= 0.6 is 0 Å². The molecule has 0 amide bonds. The zero-order chi connectivity index (χ0) is 8.55. The molecule has 0 fully saturated rings. The highest BCUT2D eigenvalue weighted by Crippen LogP contribution is 2.11. The van der Waals surface area contributed by atoms with Crippen molar-refractivity contribution in [3.8, 4) is 0 Å². The largest absolute Gasteiger partial charge is 0.253 e. The molecule has 0 saturated carbocycles. The van der Waals surface area contributed by atoms with Crippen LogP contribution in [0, 0.1) is 5.82 Å². The number of benzene rings is 1. The molecule has 0 N–H and O–H groups in total. The van der Waals surface area contributed by atoms with E-state index in [-0.39, 0.29) is 5.82 Å². The Hall–Kier alpha value is -1.38. The summed E-state index contributed by atoms with van der Waals surface area (Å²) >= 11 is 0. The van der Waals surface area contributed by atoms with Crippen LogP contribution in [0.5, 0.6) is 0 Å². The molecule has 0 atom stereocenters. The third-order valence-electron chi connectivity index (χ3n) is 1.68. The summed E-state index contributed by atoms with van der Waals surface area (Å²) in [6.45, 7) is 0. The minimum Gasteiger partial charge on any atom is -0.253 e. The van der Waals surface area contributed by atoms with E-state index in [1.54, 1.807) is 24.4 Å². The van der Waals surface area contributed by atoms with E-state index < -0.39 is 0 Å². The van der Waals surface area contributed by atoms with Crippen molar-refractivity contribution in [2.24, 2.45) is 0 Å². The predicted octanol–water partition coefficient (Wildman–Crippen LogP) is 1.17. The molecule has 2 aromatic rings. The predicted molar refractivity (Wildman–Crippen MR) is 47.1 cm³/mol. The number of fused-ring (bicyclic) bond motifs is 1. The lowest BCUT2D eigenvalue weighted by Crippen LogP contribution is -2.03. The van der Waals surface area contributed by atoms with Crippen LogP contribution in [0.3, 0.4) is 0 Å². The summed E-state index contributed by atoms with van der Waals surface area (Å²) in [7, 11) is 5.46. The van der Waals surface area contributed by atoms with Gasteiger partial charge in [-0.1, -0.05) is 17.6 Å². The van der Waals surface area contributed by atoms with E-state index in [2.05, 4.69) is 4.98 Å². The van der Waals surface area contributed by atoms with Crippen molar-refractivity contribution in [1.29, 1.82) is 0 Å². The molecular formula is C9H5BFN. The van der Waals surface area contributed by atoms with Crippen LogP contribution in [0.4, 0.5) is 4.39 Å². The first kappa shape index (κ1) is 7.28. The van der Waals surface area contributed by atoms with Gasteiger partial charge in [0.05, 0.1) is 0 Å².